The highest BCUT2D eigenvalue weighted by atomic mass is 16.5. The van der Waals surface area contributed by atoms with E-state index in [1.165, 1.54) is 20.3 Å². The Balaban J connectivity index is 1.37. The molecule has 1 N–H and O–H groups in total. The van der Waals surface area contributed by atoms with E-state index in [1.807, 2.05) is 72.8 Å². The Morgan fingerprint density at radius 1 is 0.837 bits per heavy atom. The maximum atomic E-state index is 13.8. The van der Waals surface area contributed by atoms with Gasteiger partial charge in [-0.2, -0.15) is 0 Å². The summed E-state index contributed by atoms with van der Waals surface area (Å²) in [6.45, 7) is 2.35. The van der Waals surface area contributed by atoms with Crippen molar-refractivity contribution in [1.29, 1.82) is 0 Å². The monoisotopic (exact) mass is 580 g/mol. The van der Waals surface area contributed by atoms with Gasteiger partial charge in [0.15, 0.2) is 11.5 Å². The number of nitrogens with one attached hydrogen (secondary N) is 1. The summed E-state index contributed by atoms with van der Waals surface area (Å²) in [6.07, 6.45) is 4.19. The van der Waals surface area contributed by atoms with E-state index >= 15 is 0 Å². The lowest BCUT2D eigenvalue weighted by Crippen LogP contribution is -2.58. The van der Waals surface area contributed by atoms with Crippen molar-refractivity contribution in [3.05, 3.63) is 126 Å². The average Bonchev–Trinajstić information content (AvgIpc) is 3.04. The number of amides is 1. The van der Waals surface area contributed by atoms with Crippen molar-refractivity contribution in [2.45, 2.75) is 19.5 Å². The van der Waals surface area contributed by atoms with Crippen molar-refractivity contribution < 1.29 is 14.3 Å². The molecule has 0 bridgehead atoms. The highest BCUT2D eigenvalue weighted by Gasteiger charge is 2.20. The maximum Gasteiger partial charge on any atom is 0.275 e. The van der Waals surface area contributed by atoms with Gasteiger partial charge in [0, 0.05) is 33.2 Å². The lowest BCUT2D eigenvalue weighted by Gasteiger charge is -2.29. The molecule has 0 aliphatic carbocycles. The molecule has 0 atom stereocenters. The molecule has 0 saturated carbocycles. The van der Waals surface area contributed by atoms with E-state index in [1.54, 1.807) is 33.4 Å². The van der Waals surface area contributed by atoms with Crippen molar-refractivity contribution in [1.82, 2.24) is 19.4 Å². The molecule has 1 amide bonds. The molecule has 222 valence electrons. The number of methoxy groups -OCH3 is 2. The van der Waals surface area contributed by atoms with E-state index in [-0.39, 0.29) is 28.7 Å². The largest absolute Gasteiger partial charge is 0.493 e. The molecule has 9 nitrogen and oxygen atoms in total. The number of nitrogens with zero attached hydrogens (tertiary/aromatic N) is 3. The zero-order valence-electron chi connectivity index (χ0n) is 24.7. The molecule has 0 unspecified atom stereocenters. The number of carbonyl (C=O) groups excluding carboxylic acids is 1. The molecule has 0 spiro atoms. The second-order valence-electron chi connectivity index (χ2n) is 10.5. The average molecular weight is 581 g/mol. The Kier molecular flexibility index (Phi) is 9.22. The molecule has 1 aromatic heterocycles. The van der Waals surface area contributed by atoms with Crippen LogP contribution in [0.2, 0.25) is 0 Å². The summed E-state index contributed by atoms with van der Waals surface area (Å²) in [5.41, 5.74) is 3.16. The van der Waals surface area contributed by atoms with E-state index < -0.39 is 5.56 Å². The number of hydrogen-bond donors (Lipinski definition) is 1. The first-order chi connectivity index (χ1) is 20.9. The zero-order chi connectivity index (χ0) is 30.3. The van der Waals surface area contributed by atoms with Gasteiger partial charge in [-0.15, -0.1) is 0 Å². The number of hydrogen-bond acceptors (Lipinski definition) is 6. The third kappa shape index (κ3) is 6.79. The third-order valence-corrected chi connectivity index (χ3v) is 7.70. The fourth-order valence-corrected chi connectivity index (χ4v) is 5.34. The van der Waals surface area contributed by atoms with Crippen LogP contribution in [0.3, 0.4) is 0 Å². The van der Waals surface area contributed by atoms with Crippen LogP contribution in [0, 0.1) is 0 Å². The van der Waals surface area contributed by atoms with Gasteiger partial charge in [0.1, 0.15) is 17.2 Å². The molecule has 0 saturated heterocycles. The molecule has 4 aromatic rings. The minimum Gasteiger partial charge on any atom is -0.493 e. The van der Waals surface area contributed by atoms with E-state index in [0.29, 0.717) is 18.8 Å². The van der Waals surface area contributed by atoms with Crippen molar-refractivity contribution >= 4 is 18.1 Å². The number of aromatic nitrogens is 2. The van der Waals surface area contributed by atoms with Gasteiger partial charge in [-0.05, 0) is 53.0 Å². The molecule has 3 aromatic carbocycles. The van der Waals surface area contributed by atoms with Crippen molar-refractivity contribution in [3.8, 4) is 11.5 Å². The summed E-state index contributed by atoms with van der Waals surface area (Å²) < 4.78 is 13.5. The molecule has 2 heterocycles. The Morgan fingerprint density at radius 2 is 1.42 bits per heavy atom. The van der Waals surface area contributed by atoms with E-state index in [4.69, 9.17) is 9.47 Å². The van der Waals surface area contributed by atoms with Crippen LogP contribution in [-0.4, -0.2) is 53.8 Å². The normalized spacial score (nSPS) is 13.9. The van der Waals surface area contributed by atoms with Gasteiger partial charge >= 0.3 is 0 Å². The van der Waals surface area contributed by atoms with E-state index in [9.17, 15) is 14.4 Å². The van der Waals surface area contributed by atoms with Crippen LogP contribution >= 0.6 is 0 Å². The van der Waals surface area contributed by atoms with Crippen LogP contribution in [0.4, 0.5) is 0 Å². The van der Waals surface area contributed by atoms with Crippen LogP contribution in [0.25, 0.3) is 12.2 Å². The molecule has 0 fully saturated rings. The van der Waals surface area contributed by atoms with E-state index in [2.05, 4.69) is 10.2 Å². The van der Waals surface area contributed by atoms with Crippen LogP contribution in [-0.2, 0) is 31.4 Å². The van der Waals surface area contributed by atoms with Gasteiger partial charge in [0.25, 0.3) is 11.1 Å². The molecule has 5 rings (SSSR count). The lowest BCUT2D eigenvalue weighted by molar-refractivity contribution is -0.121. The smallest absolute Gasteiger partial charge is 0.275 e. The van der Waals surface area contributed by atoms with Crippen LogP contribution in [0.1, 0.15) is 22.3 Å². The minimum atomic E-state index is -0.416. The predicted molar refractivity (Wildman–Crippen MR) is 167 cm³/mol. The first kappa shape index (κ1) is 29.6. The maximum absolute atomic E-state index is 13.8. The second kappa shape index (κ2) is 13.4. The van der Waals surface area contributed by atoms with Gasteiger partial charge in [-0.1, -0.05) is 60.7 Å². The topological polar surface area (TPSA) is 94.8 Å². The first-order valence-electron chi connectivity index (χ1n) is 14.2. The van der Waals surface area contributed by atoms with Crippen molar-refractivity contribution in [3.63, 3.8) is 0 Å². The quantitative estimate of drug-likeness (QED) is 0.322. The Labute approximate surface area is 249 Å². The summed E-state index contributed by atoms with van der Waals surface area (Å²) in [7, 11) is 4.84. The summed E-state index contributed by atoms with van der Waals surface area (Å²) in [5.74, 6) is 1.08. The number of rotatable bonds is 9. The van der Waals surface area contributed by atoms with Crippen LogP contribution in [0.15, 0.2) is 82.4 Å². The lowest BCUT2D eigenvalue weighted by atomic mass is 9.99. The second-order valence-corrected chi connectivity index (χ2v) is 10.5. The predicted octanol–water partition coefficient (Wildman–Crippen LogP) is 1.40. The highest BCUT2D eigenvalue weighted by Crippen LogP contribution is 2.33. The fraction of sp³-hybridized carbons (Fsp3) is 0.265. The number of ether oxygens (including phenoxy) is 2. The molecule has 0 radical (unpaired) electrons. The summed E-state index contributed by atoms with van der Waals surface area (Å²) in [6, 6.07) is 22.6. The highest BCUT2D eigenvalue weighted by molar-refractivity contribution is 5.75. The minimum absolute atomic E-state index is 0.149. The molecule has 9 heteroatoms. The van der Waals surface area contributed by atoms with Gasteiger partial charge in [-0.3, -0.25) is 23.9 Å². The van der Waals surface area contributed by atoms with Gasteiger partial charge in [0.05, 0.1) is 14.2 Å². The van der Waals surface area contributed by atoms with Crippen molar-refractivity contribution in [2.24, 2.45) is 7.05 Å². The summed E-state index contributed by atoms with van der Waals surface area (Å²) in [4.78, 5) is 42.8. The molecular weight excluding hydrogens is 544 g/mol. The summed E-state index contributed by atoms with van der Waals surface area (Å²) in [5, 5.41) is 3.30. The summed E-state index contributed by atoms with van der Waals surface area (Å²) >= 11 is 0. The molecule has 43 heavy (non-hydrogen) atoms. The number of benzene rings is 3. The molecule has 1 aliphatic rings. The van der Waals surface area contributed by atoms with Crippen molar-refractivity contribution in [2.75, 3.05) is 33.9 Å². The van der Waals surface area contributed by atoms with Crippen LogP contribution < -0.4 is 36.6 Å². The van der Waals surface area contributed by atoms with Gasteiger partial charge < -0.3 is 19.4 Å². The Bertz CT molecular complexity index is 1850. The first-order valence-corrected chi connectivity index (χ1v) is 14.2. The Morgan fingerprint density at radius 3 is 2.02 bits per heavy atom. The Hall–Kier alpha value is -4.89. The SMILES string of the molecule is COc1cc2c(cc1OC)CN(CCNC(=O)Cn1c(=O)c(=Cc3ccccc3)n(C)c(=O)c1=Cc1ccccc1)CC2. The van der Waals surface area contributed by atoms with Gasteiger partial charge in [0.2, 0.25) is 5.91 Å². The number of carbonyl (C=O) groups is 1. The zero-order valence-corrected chi connectivity index (χ0v) is 24.7. The van der Waals surface area contributed by atoms with Gasteiger partial charge in [-0.25, -0.2) is 0 Å². The fourth-order valence-electron chi connectivity index (χ4n) is 5.34. The van der Waals surface area contributed by atoms with Crippen LogP contribution in [0.5, 0.6) is 11.5 Å². The number of fused-ring (bicyclic) bond motifs is 1. The third-order valence-electron chi connectivity index (χ3n) is 7.70. The molecular formula is C34H36N4O5. The molecule has 1 aliphatic heterocycles. The van der Waals surface area contributed by atoms with E-state index in [0.717, 1.165) is 36.4 Å². The standard InChI is InChI=1S/C34H36N4O5/c1-36-28(18-24-10-6-4-7-11-24)34(41)38(29(33(36)40)19-25-12-8-5-9-13-25)23-32(39)35-15-17-37-16-14-26-20-30(42-2)31(43-3)21-27(26)22-37/h4-13,18-21H,14-17,22-23H2,1-3H3,(H,35,39).